The molecule has 26 heavy (non-hydrogen) atoms. The van der Waals surface area contributed by atoms with Crippen LogP contribution >= 0.6 is 11.6 Å². The summed E-state index contributed by atoms with van der Waals surface area (Å²) in [7, 11) is 2.03. The Morgan fingerprint density at radius 1 is 1.27 bits per heavy atom. The fourth-order valence-electron chi connectivity index (χ4n) is 3.27. The van der Waals surface area contributed by atoms with Crippen LogP contribution in [0.1, 0.15) is 29.8 Å². The highest BCUT2D eigenvalue weighted by atomic mass is 35.5. The summed E-state index contributed by atoms with van der Waals surface area (Å²) in [5.74, 6) is -1.32. The largest absolute Gasteiger partial charge is 0.545 e. The number of nitrogens with zero attached hydrogens (tertiary/aromatic N) is 2. The van der Waals surface area contributed by atoms with Gasteiger partial charge in [0, 0.05) is 40.6 Å². The van der Waals surface area contributed by atoms with Gasteiger partial charge in [0.2, 0.25) is 0 Å². The molecule has 0 aromatic heterocycles. The molecule has 1 aliphatic rings. The van der Waals surface area contributed by atoms with Gasteiger partial charge in [-0.2, -0.15) is 5.10 Å². The number of hydrogen-bond acceptors (Lipinski definition) is 5. The van der Waals surface area contributed by atoms with E-state index in [0.717, 1.165) is 5.70 Å². The van der Waals surface area contributed by atoms with Crippen LogP contribution in [0.25, 0.3) is 0 Å². The lowest BCUT2D eigenvalue weighted by molar-refractivity contribution is -0.255. The van der Waals surface area contributed by atoms with E-state index in [1.165, 1.54) is 23.4 Å². The van der Waals surface area contributed by atoms with Gasteiger partial charge in [-0.15, -0.1) is 0 Å². The second kappa shape index (κ2) is 6.84. The number of carbonyl (C=O) groups excluding carboxylic acids is 1. The maximum absolute atomic E-state index is 11.0. The van der Waals surface area contributed by atoms with Crippen molar-refractivity contribution in [2.45, 2.75) is 19.3 Å². The molecule has 6 heteroatoms. The van der Waals surface area contributed by atoms with Crippen LogP contribution in [0.4, 0.5) is 11.4 Å². The monoisotopic (exact) mass is 368 g/mol. The maximum atomic E-state index is 11.0. The number of carbonyl (C=O) groups is 1. The Bertz CT molecular complexity index is 919. The fourth-order valence-corrected chi connectivity index (χ4v) is 3.47. The number of halogens is 1. The van der Waals surface area contributed by atoms with Crippen molar-refractivity contribution in [2.24, 2.45) is 5.10 Å². The van der Waals surface area contributed by atoms with Crippen LogP contribution in [0.3, 0.4) is 0 Å². The summed E-state index contributed by atoms with van der Waals surface area (Å²) in [6.45, 7) is 4.35. The molecule has 0 atom stereocenters. The van der Waals surface area contributed by atoms with E-state index in [-0.39, 0.29) is 16.0 Å². The zero-order valence-corrected chi connectivity index (χ0v) is 15.5. The maximum Gasteiger partial charge on any atom is 0.0731 e. The summed E-state index contributed by atoms with van der Waals surface area (Å²) in [5, 5.41) is 15.3. The lowest BCUT2D eigenvalue weighted by atomic mass is 9.84. The number of likely N-dealkylation sites (N-methyl/N-ethyl adjacent to an activating group) is 1. The van der Waals surface area contributed by atoms with Gasteiger partial charge in [0.15, 0.2) is 0 Å². The number of hydrogen-bond donors (Lipinski definition) is 1. The molecule has 0 bridgehead atoms. The summed E-state index contributed by atoms with van der Waals surface area (Å²) >= 11 is 5.83. The van der Waals surface area contributed by atoms with Gasteiger partial charge < -0.3 is 14.8 Å². The third kappa shape index (κ3) is 3.18. The molecule has 0 aliphatic carbocycles. The van der Waals surface area contributed by atoms with Crippen LogP contribution in [0, 0.1) is 0 Å². The molecule has 1 heterocycles. The van der Waals surface area contributed by atoms with E-state index in [0.29, 0.717) is 5.69 Å². The number of fused-ring (bicyclic) bond motifs is 1. The van der Waals surface area contributed by atoms with Crippen molar-refractivity contribution in [2.75, 3.05) is 17.4 Å². The Hall–Kier alpha value is -2.79. The van der Waals surface area contributed by atoms with Gasteiger partial charge in [0.05, 0.1) is 11.7 Å². The first-order valence-corrected chi connectivity index (χ1v) is 8.54. The molecule has 0 fully saturated rings. The second-order valence-corrected chi connectivity index (χ2v) is 7.03. The van der Waals surface area contributed by atoms with Gasteiger partial charge in [-0.05, 0) is 35.9 Å². The first kappa shape index (κ1) is 18.0. The highest BCUT2D eigenvalue weighted by molar-refractivity contribution is 6.33. The van der Waals surface area contributed by atoms with Gasteiger partial charge >= 0.3 is 0 Å². The van der Waals surface area contributed by atoms with Crippen molar-refractivity contribution in [3.8, 4) is 0 Å². The van der Waals surface area contributed by atoms with E-state index < -0.39 is 5.97 Å². The Morgan fingerprint density at radius 2 is 2.00 bits per heavy atom. The zero-order chi connectivity index (χ0) is 18.9. The number of rotatable bonds is 4. The smallest absolute Gasteiger partial charge is 0.0731 e. The molecular weight excluding hydrogens is 350 g/mol. The van der Waals surface area contributed by atoms with Crippen molar-refractivity contribution in [1.82, 2.24) is 0 Å². The predicted molar refractivity (Wildman–Crippen MR) is 104 cm³/mol. The molecule has 0 radical (unpaired) electrons. The lowest BCUT2D eigenvalue weighted by Gasteiger charge is -2.23. The van der Waals surface area contributed by atoms with E-state index in [1.54, 1.807) is 12.3 Å². The number of para-hydroxylation sites is 1. The Morgan fingerprint density at radius 3 is 2.69 bits per heavy atom. The molecule has 2 aromatic rings. The normalized spacial score (nSPS) is 16.9. The van der Waals surface area contributed by atoms with Gasteiger partial charge in [-0.1, -0.05) is 43.6 Å². The predicted octanol–water partition coefficient (Wildman–Crippen LogP) is 3.41. The first-order valence-electron chi connectivity index (χ1n) is 8.16. The molecular formula is C20H19ClN3O2-. The molecule has 0 saturated heterocycles. The topological polar surface area (TPSA) is 67.8 Å². The highest BCUT2D eigenvalue weighted by Gasteiger charge is 2.37. The van der Waals surface area contributed by atoms with Crippen LogP contribution in [-0.2, 0) is 5.41 Å². The number of nitrogens with one attached hydrogen (secondary N) is 1. The molecule has 1 aliphatic heterocycles. The average Bonchev–Trinajstić information content (AvgIpc) is 2.80. The molecule has 5 nitrogen and oxygen atoms in total. The third-order valence-corrected chi connectivity index (χ3v) is 4.96. The third-order valence-electron chi connectivity index (χ3n) is 4.63. The van der Waals surface area contributed by atoms with Crippen LogP contribution in [0.15, 0.2) is 59.3 Å². The SMILES string of the molecule is CN1/C(=C\C=N/Nc2ccc(Cl)c(C(=O)[O-])c2)C(C)(C)c2ccccc21. The molecule has 1 N–H and O–H groups in total. The number of hydrazone groups is 1. The summed E-state index contributed by atoms with van der Waals surface area (Å²) < 4.78 is 0. The fraction of sp³-hybridized carbons (Fsp3) is 0.200. The Kier molecular flexibility index (Phi) is 4.74. The average molecular weight is 369 g/mol. The number of aromatic carboxylic acids is 1. The van der Waals surface area contributed by atoms with Crippen molar-refractivity contribution in [1.29, 1.82) is 0 Å². The van der Waals surface area contributed by atoms with Crippen LogP contribution in [0.2, 0.25) is 5.02 Å². The van der Waals surface area contributed by atoms with Gasteiger partial charge in [-0.25, -0.2) is 0 Å². The van der Waals surface area contributed by atoms with Crippen molar-refractivity contribution in [3.63, 3.8) is 0 Å². The number of allylic oxidation sites excluding steroid dienone is 2. The first-order chi connectivity index (χ1) is 12.3. The van der Waals surface area contributed by atoms with E-state index in [9.17, 15) is 9.90 Å². The number of benzene rings is 2. The van der Waals surface area contributed by atoms with Crippen molar-refractivity contribution in [3.05, 3.63) is 70.4 Å². The molecule has 0 spiro atoms. The minimum absolute atomic E-state index is 0.0719. The van der Waals surface area contributed by atoms with Gasteiger partial charge in [-0.3, -0.25) is 5.43 Å². The van der Waals surface area contributed by atoms with Crippen LogP contribution in [0.5, 0.6) is 0 Å². The van der Waals surface area contributed by atoms with Gasteiger partial charge in [0.25, 0.3) is 0 Å². The quantitative estimate of drug-likeness (QED) is 0.663. The number of carboxylic acid groups (broad SMARTS) is 1. The Labute approximate surface area is 157 Å². The molecule has 3 rings (SSSR count). The van der Waals surface area contributed by atoms with Gasteiger partial charge in [0.1, 0.15) is 0 Å². The summed E-state index contributed by atoms with van der Waals surface area (Å²) in [5.41, 5.74) is 6.71. The number of carboxylic acids is 1. The number of anilines is 2. The molecule has 0 unspecified atom stereocenters. The Balaban J connectivity index is 1.79. The summed E-state index contributed by atoms with van der Waals surface area (Å²) in [6, 6.07) is 12.8. The van der Waals surface area contributed by atoms with E-state index >= 15 is 0 Å². The molecule has 2 aromatic carbocycles. The van der Waals surface area contributed by atoms with E-state index in [4.69, 9.17) is 11.6 Å². The van der Waals surface area contributed by atoms with E-state index in [2.05, 4.69) is 41.4 Å². The molecule has 0 saturated carbocycles. The van der Waals surface area contributed by atoms with Crippen molar-refractivity contribution < 1.29 is 9.90 Å². The zero-order valence-electron chi connectivity index (χ0n) is 14.8. The standard InChI is InChI=1S/C20H20ClN3O2/c1-20(2)15-6-4-5-7-17(15)24(3)18(20)10-11-22-23-13-8-9-16(21)14(12-13)19(25)26/h4-12,23H,1-3H3,(H,25,26)/p-1/b18-10-,22-11-. The van der Waals surface area contributed by atoms with Crippen molar-refractivity contribution >= 4 is 35.2 Å². The van der Waals surface area contributed by atoms with Crippen LogP contribution in [-0.4, -0.2) is 19.2 Å². The minimum atomic E-state index is -1.32. The minimum Gasteiger partial charge on any atom is -0.545 e. The van der Waals surface area contributed by atoms with E-state index in [1.807, 2.05) is 25.3 Å². The summed E-state index contributed by atoms with van der Waals surface area (Å²) in [4.78, 5) is 13.2. The highest BCUT2D eigenvalue weighted by Crippen LogP contribution is 2.46. The second-order valence-electron chi connectivity index (χ2n) is 6.63. The molecule has 0 amide bonds. The lowest BCUT2D eigenvalue weighted by Crippen LogP contribution is -2.23. The summed E-state index contributed by atoms with van der Waals surface area (Å²) in [6.07, 6.45) is 3.61. The molecule has 134 valence electrons. The van der Waals surface area contributed by atoms with Crippen LogP contribution < -0.4 is 15.4 Å².